The van der Waals surface area contributed by atoms with Crippen molar-refractivity contribution in [2.24, 2.45) is 0 Å². The third-order valence-corrected chi connectivity index (χ3v) is 8.03. The Labute approximate surface area is 321 Å². The van der Waals surface area contributed by atoms with Gasteiger partial charge in [0.25, 0.3) is 0 Å². The van der Waals surface area contributed by atoms with Crippen LogP contribution in [0.1, 0.15) is 91.1 Å². The van der Waals surface area contributed by atoms with Gasteiger partial charge >= 0.3 is 10.4 Å². The predicted octanol–water partition coefficient (Wildman–Crippen LogP) is 8.56. The summed E-state index contributed by atoms with van der Waals surface area (Å²) in [7, 11) is -4.67. The number of hydrogen-bond acceptors (Lipinski definition) is 9. The summed E-state index contributed by atoms with van der Waals surface area (Å²) in [5, 5.41) is 3.66. The van der Waals surface area contributed by atoms with Crippen LogP contribution in [0.15, 0.2) is 103 Å². The normalized spacial score (nSPS) is 11.2. The minimum atomic E-state index is -4.67. The van der Waals surface area contributed by atoms with Crippen LogP contribution < -0.4 is 11.1 Å². The summed E-state index contributed by atoms with van der Waals surface area (Å²) in [6.45, 7) is 8.66. The van der Waals surface area contributed by atoms with Crippen LogP contribution in [0.3, 0.4) is 0 Å². The van der Waals surface area contributed by atoms with E-state index in [9.17, 15) is 9.18 Å². The second-order valence-electron chi connectivity index (χ2n) is 12.0. The monoisotopic (exact) mass is 778 g/mol. The number of nitrogens with two attached hydrogens (primary N) is 1. The molecule has 3 aromatic carbocycles. The number of ether oxygens (including phenoxy) is 2. The average Bonchev–Trinajstić information content (AvgIpc) is 3.17. The van der Waals surface area contributed by atoms with Crippen LogP contribution >= 0.6 is 0 Å². The molecule has 2 aromatic heterocycles. The van der Waals surface area contributed by atoms with Crippen molar-refractivity contribution in [2.75, 3.05) is 24.3 Å². The van der Waals surface area contributed by atoms with Crippen LogP contribution in [0, 0.1) is 11.6 Å². The highest BCUT2D eigenvalue weighted by Gasteiger charge is 2.37. The van der Waals surface area contributed by atoms with Crippen LogP contribution in [-0.4, -0.2) is 47.0 Å². The van der Waals surface area contributed by atoms with E-state index in [1.807, 2.05) is 82.3 Å². The number of hydrogen-bond donors (Lipinski definition) is 4. The fourth-order valence-corrected chi connectivity index (χ4v) is 5.81. The molecule has 5 N–H and O–H groups in total. The van der Waals surface area contributed by atoms with E-state index in [4.69, 9.17) is 32.7 Å². The molecule has 14 heteroatoms. The molecule has 0 spiro atoms. The SMILES string of the molecule is CCCc1nc(C(OCC)OCC)cc(NC(c2ccccc2)(c2ccccc2)c2ccccc2)c1F.CCCc1nc(C=O)cc(N)c1F.O=S(=O)(O)O. The molecule has 0 saturated carbocycles. The number of nitrogens with zero attached hydrogens (tertiary/aromatic N) is 2. The number of aromatic nitrogens is 2. The van der Waals surface area contributed by atoms with E-state index in [0.29, 0.717) is 49.4 Å². The molecule has 0 unspecified atom stereocenters. The molecule has 294 valence electrons. The predicted molar refractivity (Wildman–Crippen MR) is 209 cm³/mol. The minimum absolute atomic E-state index is 0.0134. The summed E-state index contributed by atoms with van der Waals surface area (Å²) >= 11 is 0. The summed E-state index contributed by atoms with van der Waals surface area (Å²) in [6, 6.07) is 33.4. The minimum Gasteiger partial charge on any atom is -0.396 e. The van der Waals surface area contributed by atoms with Crippen LogP contribution in [0.4, 0.5) is 20.2 Å². The average molecular weight is 779 g/mol. The first-order valence-corrected chi connectivity index (χ1v) is 19.2. The van der Waals surface area contributed by atoms with E-state index >= 15 is 4.39 Å². The Morgan fingerprint density at radius 2 is 1.16 bits per heavy atom. The van der Waals surface area contributed by atoms with E-state index in [1.54, 1.807) is 6.07 Å². The molecule has 0 aliphatic carbocycles. The Morgan fingerprint density at radius 1 is 0.745 bits per heavy atom. The van der Waals surface area contributed by atoms with Crippen LogP contribution in [0.25, 0.3) is 0 Å². The number of aryl methyl sites for hydroxylation is 2. The molecular formula is C41H48F2N4O7S. The number of pyridine rings is 2. The van der Waals surface area contributed by atoms with Crippen molar-refractivity contribution in [3.05, 3.63) is 154 Å². The zero-order valence-corrected chi connectivity index (χ0v) is 32.1. The highest BCUT2D eigenvalue weighted by Crippen LogP contribution is 2.41. The van der Waals surface area contributed by atoms with Gasteiger partial charge in [0.2, 0.25) is 6.29 Å². The van der Waals surface area contributed by atoms with Crippen molar-refractivity contribution in [3.8, 4) is 0 Å². The molecule has 11 nitrogen and oxygen atoms in total. The van der Waals surface area contributed by atoms with Gasteiger partial charge in [-0.05, 0) is 55.5 Å². The molecule has 0 atom stereocenters. The van der Waals surface area contributed by atoms with Gasteiger partial charge in [-0.15, -0.1) is 0 Å². The van der Waals surface area contributed by atoms with Crippen molar-refractivity contribution in [2.45, 2.75) is 65.2 Å². The molecule has 55 heavy (non-hydrogen) atoms. The fraction of sp³-hybridized carbons (Fsp3) is 0.293. The zero-order chi connectivity index (χ0) is 40.4. The number of halogens is 2. The first kappa shape index (κ1) is 44.3. The van der Waals surface area contributed by atoms with Gasteiger partial charge in [0.05, 0.1) is 28.5 Å². The summed E-state index contributed by atoms with van der Waals surface area (Å²) in [5.74, 6) is -0.864. The van der Waals surface area contributed by atoms with Crippen LogP contribution in [0.2, 0.25) is 0 Å². The van der Waals surface area contributed by atoms with Crippen molar-refractivity contribution in [1.82, 2.24) is 9.97 Å². The first-order chi connectivity index (χ1) is 26.3. The van der Waals surface area contributed by atoms with E-state index in [-0.39, 0.29) is 22.9 Å². The van der Waals surface area contributed by atoms with Crippen molar-refractivity contribution in [3.63, 3.8) is 0 Å². The lowest BCUT2D eigenvalue weighted by molar-refractivity contribution is -0.142. The topological polar surface area (TPSA) is 174 Å². The summed E-state index contributed by atoms with van der Waals surface area (Å²) in [4.78, 5) is 18.8. The van der Waals surface area contributed by atoms with Gasteiger partial charge in [0, 0.05) is 13.2 Å². The fourth-order valence-electron chi connectivity index (χ4n) is 5.81. The second kappa shape index (κ2) is 21.7. The Hall–Kier alpha value is -5.12. The second-order valence-corrected chi connectivity index (χ2v) is 12.9. The van der Waals surface area contributed by atoms with Gasteiger partial charge in [-0.3, -0.25) is 13.9 Å². The lowest BCUT2D eigenvalue weighted by Gasteiger charge is -2.38. The molecule has 0 aliphatic heterocycles. The molecular weight excluding hydrogens is 731 g/mol. The number of nitrogen functional groups attached to an aromatic ring is 1. The number of anilines is 2. The van der Waals surface area contributed by atoms with E-state index < -0.39 is 28.0 Å². The molecule has 0 fully saturated rings. The Bertz CT molecular complexity index is 1930. The molecule has 5 rings (SSSR count). The molecule has 0 radical (unpaired) electrons. The first-order valence-electron chi connectivity index (χ1n) is 17.8. The summed E-state index contributed by atoms with van der Waals surface area (Å²) < 4.78 is 72.6. The largest absolute Gasteiger partial charge is 0.396 e. The standard InChI is InChI=1S/C32H35FN2O2.C9H11FN2O.H2O4S/c1-4-16-27-30(33)28(23-29(34-27)31(36-5-2)37-6-3)35-32(24-17-10-7-11-18-24,25-19-12-8-13-20-25)26-21-14-9-15-22-26;1-2-3-8-9(10)7(11)4-6(5-13)12-8;1-5(2,3)4/h7-15,17-23,31H,4-6,16H2,1-3H3,(H,34,35);4-5H,2-3H2,1H3,(H2,11,12);(H2,1,2,3,4). The highest BCUT2D eigenvalue weighted by atomic mass is 32.3. The number of rotatable bonds is 15. The van der Waals surface area contributed by atoms with Crippen molar-refractivity contribution in [1.29, 1.82) is 0 Å². The highest BCUT2D eigenvalue weighted by molar-refractivity contribution is 7.79. The maximum Gasteiger partial charge on any atom is 0.394 e. The summed E-state index contributed by atoms with van der Waals surface area (Å²) in [5.41, 5.74) is 9.22. The third-order valence-electron chi connectivity index (χ3n) is 8.03. The molecule has 0 amide bonds. The number of carbonyl (C=O) groups excluding carboxylic acids is 1. The molecule has 0 bridgehead atoms. The van der Waals surface area contributed by atoms with E-state index in [1.165, 1.54) is 6.07 Å². The van der Waals surface area contributed by atoms with Crippen LogP contribution in [-0.2, 0) is 38.3 Å². The lowest BCUT2D eigenvalue weighted by Crippen LogP contribution is -2.38. The van der Waals surface area contributed by atoms with Gasteiger partial charge < -0.3 is 20.5 Å². The molecule has 2 heterocycles. The molecule has 0 saturated heterocycles. The maximum atomic E-state index is 16.1. The van der Waals surface area contributed by atoms with Gasteiger partial charge in [-0.1, -0.05) is 118 Å². The third kappa shape index (κ3) is 12.7. The Morgan fingerprint density at radius 3 is 1.55 bits per heavy atom. The van der Waals surface area contributed by atoms with Gasteiger partial charge in [-0.2, -0.15) is 8.42 Å². The number of nitrogens with one attached hydrogen (secondary N) is 1. The van der Waals surface area contributed by atoms with Gasteiger partial charge in [-0.25, -0.2) is 18.7 Å². The zero-order valence-electron chi connectivity index (χ0n) is 31.3. The number of benzene rings is 3. The van der Waals surface area contributed by atoms with Crippen molar-refractivity contribution < 1.29 is 40.6 Å². The smallest absolute Gasteiger partial charge is 0.394 e. The van der Waals surface area contributed by atoms with E-state index in [2.05, 4.69) is 51.7 Å². The number of aldehydes is 1. The van der Waals surface area contributed by atoms with Gasteiger partial charge in [0.15, 0.2) is 17.9 Å². The van der Waals surface area contributed by atoms with E-state index in [0.717, 1.165) is 29.5 Å². The Kier molecular flexibility index (Phi) is 17.5. The maximum absolute atomic E-state index is 16.1. The molecule has 5 aromatic rings. The molecule has 0 aliphatic rings. The van der Waals surface area contributed by atoms with Gasteiger partial charge in [0.1, 0.15) is 11.2 Å². The number of carbonyl (C=O) groups is 1. The Balaban J connectivity index is 0.000000372. The quantitative estimate of drug-likeness (QED) is 0.0347. The summed E-state index contributed by atoms with van der Waals surface area (Å²) in [6.07, 6.45) is 2.43. The van der Waals surface area contributed by atoms with Crippen LogP contribution in [0.5, 0.6) is 0 Å². The van der Waals surface area contributed by atoms with Crippen molar-refractivity contribution >= 4 is 28.1 Å². The lowest BCUT2D eigenvalue weighted by atomic mass is 9.76.